The number of hydrogen-bond donors (Lipinski definition) is 0. The Labute approximate surface area is 117 Å². The van der Waals surface area contributed by atoms with E-state index in [4.69, 9.17) is 13.8 Å². The van der Waals surface area contributed by atoms with Crippen LogP contribution in [0.25, 0.3) is 0 Å². The molecule has 0 aromatic rings. The van der Waals surface area contributed by atoms with Crippen molar-refractivity contribution in [2.75, 3.05) is 19.8 Å². The van der Waals surface area contributed by atoms with Crippen LogP contribution in [-0.4, -0.2) is 31.5 Å². The highest BCUT2D eigenvalue weighted by Gasteiger charge is 2.77. The predicted molar refractivity (Wildman–Crippen MR) is 68.7 cm³/mol. The lowest BCUT2D eigenvalue weighted by molar-refractivity contribution is -0.147. The average Bonchev–Trinajstić information content (AvgIpc) is 3.04. The highest BCUT2D eigenvalue weighted by Crippen LogP contribution is 2.76. The molecule has 2 atom stereocenters. The Morgan fingerprint density at radius 3 is 2.15 bits per heavy atom. The number of hydrogen-bond acceptors (Lipinski definition) is 5. The standard InChI is InChI=1S/C12H21F2O5P/c1-5-17-10(15)9-8-11(9,4)12(13,14)20(16,18-6-2)19-7-3/h9H,5-8H2,1-4H3/t9-,11+/m0/s1. The first-order valence-electron chi connectivity index (χ1n) is 6.63. The van der Waals surface area contributed by atoms with E-state index in [1.165, 1.54) is 20.8 Å². The number of rotatable bonds is 8. The Bertz CT molecular complexity index is 405. The van der Waals surface area contributed by atoms with Crippen LogP contribution in [0.3, 0.4) is 0 Å². The molecule has 1 aliphatic rings. The van der Waals surface area contributed by atoms with Crippen LogP contribution in [-0.2, 0) is 23.1 Å². The van der Waals surface area contributed by atoms with Gasteiger partial charge < -0.3 is 13.8 Å². The summed E-state index contributed by atoms with van der Waals surface area (Å²) in [5.74, 6) is -1.68. The van der Waals surface area contributed by atoms with Gasteiger partial charge in [0.2, 0.25) is 0 Å². The number of halogens is 2. The number of carbonyl (C=O) groups is 1. The van der Waals surface area contributed by atoms with Gasteiger partial charge in [0.25, 0.3) is 0 Å². The van der Waals surface area contributed by atoms with E-state index in [-0.39, 0.29) is 26.2 Å². The average molecular weight is 314 g/mol. The summed E-state index contributed by atoms with van der Waals surface area (Å²) < 4.78 is 55.6. The molecule has 0 aromatic carbocycles. The third-order valence-corrected chi connectivity index (χ3v) is 5.83. The minimum Gasteiger partial charge on any atom is -0.466 e. The zero-order valence-electron chi connectivity index (χ0n) is 12.2. The van der Waals surface area contributed by atoms with Crippen LogP contribution >= 0.6 is 7.60 Å². The smallest absolute Gasteiger partial charge is 0.400 e. The van der Waals surface area contributed by atoms with Gasteiger partial charge in [-0.05, 0) is 27.2 Å². The molecule has 0 spiro atoms. The second kappa shape index (κ2) is 6.08. The summed E-state index contributed by atoms with van der Waals surface area (Å²) in [5.41, 5.74) is -5.48. The zero-order chi connectivity index (χ0) is 15.6. The van der Waals surface area contributed by atoms with Crippen LogP contribution in [0, 0.1) is 11.3 Å². The Morgan fingerprint density at radius 1 is 1.25 bits per heavy atom. The van der Waals surface area contributed by atoms with Crippen LogP contribution in [0.2, 0.25) is 0 Å². The Kier molecular flexibility index (Phi) is 5.33. The summed E-state index contributed by atoms with van der Waals surface area (Å²) in [6, 6.07) is 0. The molecule has 20 heavy (non-hydrogen) atoms. The zero-order valence-corrected chi connectivity index (χ0v) is 13.0. The maximum atomic E-state index is 14.5. The van der Waals surface area contributed by atoms with Gasteiger partial charge in [0.15, 0.2) is 0 Å². The van der Waals surface area contributed by atoms with Crippen LogP contribution < -0.4 is 0 Å². The van der Waals surface area contributed by atoms with Crippen molar-refractivity contribution in [3.63, 3.8) is 0 Å². The van der Waals surface area contributed by atoms with Gasteiger partial charge in [-0.15, -0.1) is 0 Å². The molecule has 8 heteroatoms. The number of alkyl halides is 2. The highest BCUT2D eigenvalue weighted by atomic mass is 31.2. The molecule has 118 valence electrons. The van der Waals surface area contributed by atoms with E-state index in [1.807, 2.05) is 0 Å². The second-order valence-corrected chi connectivity index (χ2v) is 6.87. The molecule has 0 aromatic heterocycles. The molecule has 0 heterocycles. The monoisotopic (exact) mass is 314 g/mol. The molecule has 0 N–H and O–H groups in total. The summed E-state index contributed by atoms with van der Waals surface area (Å²) in [6.07, 6.45) is -0.0943. The SMILES string of the molecule is CCOC(=O)[C@@H]1C[C@@]1(C)C(F)(F)P(=O)(OCC)OCC. The van der Waals surface area contributed by atoms with E-state index in [2.05, 4.69) is 0 Å². The minimum atomic E-state index is -4.62. The first kappa shape index (κ1) is 17.5. The van der Waals surface area contributed by atoms with Crippen molar-refractivity contribution >= 4 is 13.6 Å². The van der Waals surface area contributed by atoms with Crippen LogP contribution in [0.4, 0.5) is 8.78 Å². The van der Waals surface area contributed by atoms with Crippen molar-refractivity contribution in [3.05, 3.63) is 0 Å². The molecule has 1 saturated carbocycles. The lowest BCUT2D eigenvalue weighted by Gasteiger charge is -2.30. The molecule has 1 aliphatic carbocycles. The van der Waals surface area contributed by atoms with Gasteiger partial charge in [-0.1, -0.05) is 6.92 Å². The van der Waals surface area contributed by atoms with E-state index in [9.17, 15) is 18.1 Å². The van der Waals surface area contributed by atoms with Gasteiger partial charge >= 0.3 is 19.2 Å². The second-order valence-electron chi connectivity index (χ2n) is 4.80. The van der Waals surface area contributed by atoms with Crippen LogP contribution in [0.1, 0.15) is 34.1 Å². The van der Waals surface area contributed by atoms with Gasteiger partial charge in [-0.3, -0.25) is 9.36 Å². The first-order valence-corrected chi connectivity index (χ1v) is 8.18. The molecular weight excluding hydrogens is 293 g/mol. The van der Waals surface area contributed by atoms with Gasteiger partial charge in [0.05, 0.1) is 31.2 Å². The van der Waals surface area contributed by atoms with Crippen LogP contribution in [0.15, 0.2) is 0 Å². The molecule has 0 radical (unpaired) electrons. The van der Waals surface area contributed by atoms with Gasteiger partial charge in [0.1, 0.15) is 0 Å². The molecule has 1 fully saturated rings. The summed E-state index contributed by atoms with van der Waals surface area (Å²) in [4.78, 5) is 11.6. The summed E-state index contributed by atoms with van der Waals surface area (Å²) >= 11 is 0. The third-order valence-electron chi connectivity index (χ3n) is 3.44. The molecule has 0 amide bonds. The molecule has 1 rings (SSSR count). The number of ether oxygens (including phenoxy) is 1. The Balaban J connectivity index is 2.98. The van der Waals surface area contributed by atoms with Crippen molar-refractivity contribution in [1.82, 2.24) is 0 Å². The maximum absolute atomic E-state index is 14.5. The fourth-order valence-electron chi connectivity index (χ4n) is 2.14. The topological polar surface area (TPSA) is 61.8 Å². The van der Waals surface area contributed by atoms with Crippen molar-refractivity contribution < 1.29 is 31.9 Å². The number of esters is 1. The fraction of sp³-hybridized carbons (Fsp3) is 0.917. The summed E-state index contributed by atoms with van der Waals surface area (Å²) in [5, 5.41) is 0. The maximum Gasteiger partial charge on any atom is 0.400 e. The normalized spacial score (nSPS) is 26.4. The predicted octanol–water partition coefficient (Wildman–Crippen LogP) is 3.43. The van der Waals surface area contributed by atoms with E-state index in [0.29, 0.717) is 0 Å². The highest BCUT2D eigenvalue weighted by molar-refractivity contribution is 7.55. The summed E-state index contributed by atoms with van der Waals surface area (Å²) in [6.45, 7) is 5.52. The molecule has 0 bridgehead atoms. The molecule has 0 unspecified atom stereocenters. The molecule has 0 saturated heterocycles. The third kappa shape index (κ3) is 2.76. The molecule has 0 aliphatic heterocycles. The Hall–Kier alpha value is -0.520. The van der Waals surface area contributed by atoms with E-state index in [0.717, 1.165) is 0 Å². The fourth-order valence-corrected chi connectivity index (χ4v) is 4.09. The van der Waals surface area contributed by atoms with Crippen molar-refractivity contribution in [1.29, 1.82) is 0 Å². The summed E-state index contributed by atoms with van der Waals surface area (Å²) in [7, 11) is -4.62. The lowest BCUT2D eigenvalue weighted by atomic mass is 10.1. The molecular formula is C12H21F2O5P. The van der Waals surface area contributed by atoms with Crippen LogP contribution in [0.5, 0.6) is 0 Å². The van der Waals surface area contributed by atoms with Crippen molar-refractivity contribution in [2.45, 2.75) is 39.8 Å². The van der Waals surface area contributed by atoms with E-state index < -0.39 is 30.6 Å². The van der Waals surface area contributed by atoms with Gasteiger partial charge in [0, 0.05) is 0 Å². The van der Waals surface area contributed by atoms with Gasteiger partial charge in [-0.25, -0.2) is 0 Å². The number of carbonyl (C=O) groups excluding carboxylic acids is 1. The van der Waals surface area contributed by atoms with E-state index in [1.54, 1.807) is 6.92 Å². The lowest BCUT2D eigenvalue weighted by Crippen LogP contribution is -2.33. The Morgan fingerprint density at radius 2 is 1.75 bits per heavy atom. The van der Waals surface area contributed by atoms with E-state index >= 15 is 0 Å². The molecule has 5 nitrogen and oxygen atoms in total. The van der Waals surface area contributed by atoms with Crippen molar-refractivity contribution in [3.8, 4) is 0 Å². The first-order chi connectivity index (χ1) is 9.20. The quantitative estimate of drug-likeness (QED) is 0.507. The minimum absolute atomic E-state index is 0.0943. The largest absolute Gasteiger partial charge is 0.466 e. The van der Waals surface area contributed by atoms with Gasteiger partial charge in [-0.2, -0.15) is 8.78 Å². The van der Waals surface area contributed by atoms with Crippen molar-refractivity contribution in [2.24, 2.45) is 11.3 Å².